The van der Waals surface area contributed by atoms with Gasteiger partial charge in [-0.15, -0.1) is 0 Å². The van der Waals surface area contributed by atoms with Gasteiger partial charge in [0.15, 0.2) is 0 Å². The van der Waals surface area contributed by atoms with Gasteiger partial charge >= 0.3 is 0 Å². The van der Waals surface area contributed by atoms with Gasteiger partial charge < -0.3 is 15.0 Å². The van der Waals surface area contributed by atoms with Crippen molar-refractivity contribution in [2.45, 2.75) is 18.9 Å². The van der Waals surface area contributed by atoms with Crippen LogP contribution in [0.3, 0.4) is 0 Å². The van der Waals surface area contributed by atoms with Crippen molar-refractivity contribution in [1.82, 2.24) is 10.2 Å². The van der Waals surface area contributed by atoms with Crippen LogP contribution in [-0.4, -0.2) is 43.1 Å². The predicted molar refractivity (Wildman–Crippen MR) is 125 cm³/mol. The summed E-state index contributed by atoms with van der Waals surface area (Å²) in [6.07, 6.45) is 1.81. The number of likely N-dealkylation sites (tertiary alicyclic amines) is 1. The number of benzene rings is 3. The third-order valence-electron chi connectivity index (χ3n) is 5.80. The lowest BCUT2D eigenvalue weighted by Gasteiger charge is -2.17. The molecule has 1 amide bonds. The summed E-state index contributed by atoms with van der Waals surface area (Å²) in [5.74, 6) is 0.330. The molecule has 5 nitrogen and oxygen atoms in total. The number of hydrogen-bond acceptors (Lipinski definition) is 4. The van der Waals surface area contributed by atoms with Gasteiger partial charge in [0.1, 0.15) is 11.6 Å². The zero-order chi connectivity index (χ0) is 23.0. The fourth-order valence-electron chi connectivity index (χ4n) is 3.98. The lowest BCUT2D eigenvalue weighted by Crippen LogP contribution is -2.37. The van der Waals surface area contributed by atoms with E-state index in [0.717, 1.165) is 49.4 Å². The normalized spacial score (nSPS) is 15.7. The van der Waals surface area contributed by atoms with Crippen molar-refractivity contribution in [2.75, 3.05) is 26.2 Å². The maximum absolute atomic E-state index is 13.0. The first-order chi connectivity index (χ1) is 16.1. The predicted octanol–water partition coefficient (Wildman–Crippen LogP) is 4.64. The molecule has 0 aromatic heterocycles. The van der Waals surface area contributed by atoms with E-state index in [0.29, 0.717) is 17.7 Å². The molecule has 0 unspecified atom stereocenters. The summed E-state index contributed by atoms with van der Waals surface area (Å²) in [5.41, 5.74) is 3.28. The van der Waals surface area contributed by atoms with E-state index in [1.54, 1.807) is 0 Å². The number of ether oxygens (including phenoxy) is 1. The van der Waals surface area contributed by atoms with Crippen LogP contribution in [0.4, 0.5) is 4.39 Å². The number of halogens is 1. The summed E-state index contributed by atoms with van der Waals surface area (Å²) < 4.78 is 18.9. The highest BCUT2D eigenvalue weighted by Gasteiger charge is 2.23. The number of hydrogen-bond donors (Lipinski definition) is 1. The second kappa shape index (κ2) is 10.8. The van der Waals surface area contributed by atoms with Gasteiger partial charge in [-0.3, -0.25) is 4.79 Å². The third-order valence-corrected chi connectivity index (χ3v) is 5.80. The zero-order valence-corrected chi connectivity index (χ0v) is 18.3. The molecule has 3 aromatic rings. The van der Waals surface area contributed by atoms with Crippen LogP contribution in [-0.2, 0) is 0 Å². The minimum atomic E-state index is -0.344. The molecule has 0 radical (unpaired) electrons. The largest absolute Gasteiger partial charge is 0.494 e. The van der Waals surface area contributed by atoms with Crippen LogP contribution >= 0.6 is 0 Å². The highest BCUT2D eigenvalue weighted by molar-refractivity contribution is 5.94. The average molecular weight is 444 g/mol. The first-order valence-electron chi connectivity index (χ1n) is 11.1. The lowest BCUT2D eigenvalue weighted by molar-refractivity contribution is 0.0937. The summed E-state index contributed by atoms with van der Waals surface area (Å²) in [6, 6.07) is 23.3. The Morgan fingerprint density at radius 3 is 2.36 bits per heavy atom. The van der Waals surface area contributed by atoms with Gasteiger partial charge in [0.05, 0.1) is 18.2 Å². The zero-order valence-electron chi connectivity index (χ0n) is 18.3. The van der Waals surface area contributed by atoms with Gasteiger partial charge in [-0.1, -0.05) is 24.3 Å². The van der Waals surface area contributed by atoms with Gasteiger partial charge in [-0.25, -0.2) is 4.39 Å². The number of carbonyl (C=O) groups is 1. The maximum Gasteiger partial charge on any atom is 0.251 e. The maximum atomic E-state index is 13.0. The van der Waals surface area contributed by atoms with Crippen molar-refractivity contribution in [3.8, 4) is 22.9 Å². The van der Waals surface area contributed by atoms with Gasteiger partial charge in [0, 0.05) is 31.2 Å². The van der Waals surface area contributed by atoms with Crippen LogP contribution < -0.4 is 10.1 Å². The Labute approximate surface area is 193 Å². The topological polar surface area (TPSA) is 65.4 Å². The van der Waals surface area contributed by atoms with Crippen LogP contribution in [0.1, 0.15) is 28.8 Å². The van der Waals surface area contributed by atoms with Crippen LogP contribution in [0.15, 0.2) is 72.8 Å². The second-order valence-electron chi connectivity index (χ2n) is 8.18. The standard InChI is InChI=1S/C27H26FN3O2/c28-24-10-6-23(7-11-24)27(32)30-25-14-16-31(19-25)15-1-17-33-26-12-8-22(9-13-26)21-4-2-20(18-29)3-5-21/h2-13,25H,1,14-17,19H2,(H,30,32)/t25-/m1/s1. The van der Waals surface area contributed by atoms with Crippen LogP contribution in [0.25, 0.3) is 11.1 Å². The summed E-state index contributed by atoms with van der Waals surface area (Å²) in [5, 5.41) is 11.9. The van der Waals surface area contributed by atoms with Crippen molar-refractivity contribution in [2.24, 2.45) is 0 Å². The highest BCUT2D eigenvalue weighted by atomic mass is 19.1. The van der Waals surface area contributed by atoms with Crippen molar-refractivity contribution in [1.29, 1.82) is 5.26 Å². The minimum Gasteiger partial charge on any atom is -0.494 e. The van der Waals surface area contributed by atoms with E-state index in [2.05, 4.69) is 16.3 Å². The van der Waals surface area contributed by atoms with Gasteiger partial charge in [-0.05, 0) is 72.5 Å². The molecule has 168 valence electrons. The van der Waals surface area contributed by atoms with E-state index in [1.165, 1.54) is 24.3 Å². The Bertz CT molecular complexity index is 1110. The van der Waals surface area contributed by atoms with E-state index in [1.807, 2.05) is 48.5 Å². The second-order valence-corrected chi connectivity index (χ2v) is 8.18. The van der Waals surface area contributed by atoms with E-state index in [4.69, 9.17) is 10.00 Å². The first kappa shape index (κ1) is 22.5. The Balaban J connectivity index is 1.16. The van der Waals surface area contributed by atoms with Crippen LogP contribution in [0, 0.1) is 17.1 Å². The molecule has 6 heteroatoms. The smallest absolute Gasteiger partial charge is 0.251 e. The Morgan fingerprint density at radius 1 is 1.03 bits per heavy atom. The molecule has 33 heavy (non-hydrogen) atoms. The van der Waals surface area contributed by atoms with Crippen molar-refractivity contribution < 1.29 is 13.9 Å². The monoisotopic (exact) mass is 443 g/mol. The molecule has 4 rings (SSSR count). The molecule has 0 spiro atoms. The highest BCUT2D eigenvalue weighted by Crippen LogP contribution is 2.23. The molecule has 0 bridgehead atoms. The Hall–Kier alpha value is -3.69. The van der Waals surface area contributed by atoms with Gasteiger partial charge in [0.2, 0.25) is 0 Å². The van der Waals surface area contributed by atoms with E-state index in [9.17, 15) is 9.18 Å². The number of rotatable bonds is 8. The average Bonchev–Trinajstić information content (AvgIpc) is 3.30. The summed E-state index contributed by atoms with van der Waals surface area (Å²) >= 11 is 0. The van der Waals surface area contributed by atoms with Crippen molar-refractivity contribution in [3.05, 3.63) is 89.7 Å². The van der Waals surface area contributed by atoms with Gasteiger partial charge in [0.25, 0.3) is 5.91 Å². The third kappa shape index (κ3) is 6.18. The Kier molecular flexibility index (Phi) is 7.33. The van der Waals surface area contributed by atoms with Gasteiger partial charge in [-0.2, -0.15) is 5.26 Å². The van der Waals surface area contributed by atoms with E-state index < -0.39 is 0 Å². The molecule has 1 aliphatic rings. The molecule has 1 N–H and O–H groups in total. The summed E-state index contributed by atoms with van der Waals surface area (Å²) in [6.45, 7) is 3.28. The molecule has 1 fully saturated rings. The molecule has 0 saturated carbocycles. The number of carbonyl (C=O) groups excluding carboxylic acids is 1. The van der Waals surface area contributed by atoms with E-state index >= 15 is 0 Å². The lowest BCUT2D eigenvalue weighted by atomic mass is 10.0. The molecular weight excluding hydrogens is 417 g/mol. The fourth-order valence-corrected chi connectivity index (χ4v) is 3.98. The fraction of sp³-hybridized carbons (Fsp3) is 0.259. The number of nitriles is 1. The molecule has 1 atom stereocenters. The van der Waals surface area contributed by atoms with Crippen LogP contribution in [0.2, 0.25) is 0 Å². The van der Waals surface area contributed by atoms with Crippen LogP contribution in [0.5, 0.6) is 5.75 Å². The summed E-state index contributed by atoms with van der Waals surface area (Å²) in [7, 11) is 0. The minimum absolute atomic E-state index is 0.109. The summed E-state index contributed by atoms with van der Waals surface area (Å²) in [4.78, 5) is 14.6. The molecule has 1 saturated heterocycles. The Morgan fingerprint density at radius 2 is 1.70 bits per heavy atom. The number of nitrogens with one attached hydrogen (secondary N) is 1. The molecular formula is C27H26FN3O2. The molecule has 1 heterocycles. The first-order valence-corrected chi connectivity index (χ1v) is 11.1. The number of nitrogens with zero attached hydrogens (tertiary/aromatic N) is 2. The number of amides is 1. The molecule has 3 aromatic carbocycles. The van der Waals surface area contributed by atoms with Crippen molar-refractivity contribution >= 4 is 5.91 Å². The quantitative estimate of drug-likeness (QED) is 0.515. The SMILES string of the molecule is N#Cc1ccc(-c2ccc(OCCCN3CC[C@@H](NC(=O)c4ccc(F)cc4)C3)cc2)cc1. The van der Waals surface area contributed by atoms with E-state index in [-0.39, 0.29) is 17.8 Å². The van der Waals surface area contributed by atoms with Crippen molar-refractivity contribution in [3.63, 3.8) is 0 Å². The molecule has 1 aliphatic heterocycles. The molecule has 0 aliphatic carbocycles.